The summed E-state index contributed by atoms with van der Waals surface area (Å²) in [6.45, 7) is 0. The van der Waals surface area contributed by atoms with E-state index in [0.717, 1.165) is 0 Å². The SMILES string of the molecule is COC(=O)c1c[nH]c(B(O)O)c1. The van der Waals surface area contributed by atoms with E-state index in [9.17, 15) is 4.79 Å². The highest BCUT2D eigenvalue weighted by Gasteiger charge is 2.15. The van der Waals surface area contributed by atoms with Gasteiger partial charge in [0.15, 0.2) is 0 Å². The summed E-state index contributed by atoms with van der Waals surface area (Å²) in [7, 11) is -0.340. The molecule has 1 aromatic rings. The van der Waals surface area contributed by atoms with Crippen LogP contribution >= 0.6 is 0 Å². The Balaban J connectivity index is 2.84. The molecule has 6 heteroatoms. The number of methoxy groups -OCH3 is 1. The number of ether oxygens (including phenoxy) is 1. The second-order valence-corrected chi connectivity index (χ2v) is 2.21. The lowest BCUT2D eigenvalue weighted by molar-refractivity contribution is 0.0601. The normalized spacial score (nSPS) is 9.58. The molecule has 1 rings (SSSR count). The molecular formula is C6H8BNO4. The molecule has 0 amide bonds. The van der Waals surface area contributed by atoms with Crippen molar-refractivity contribution in [2.45, 2.75) is 0 Å². The Bertz CT molecular complexity index is 283. The van der Waals surface area contributed by atoms with E-state index in [1.54, 1.807) is 0 Å². The molecule has 5 nitrogen and oxygen atoms in total. The van der Waals surface area contributed by atoms with Crippen molar-refractivity contribution in [1.29, 1.82) is 0 Å². The second kappa shape index (κ2) is 3.42. The van der Waals surface area contributed by atoms with Gasteiger partial charge >= 0.3 is 13.1 Å². The standard InChI is InChI=1S/C6H8BNO4/c1-12-6(9)4-2-5(7(10)11)8-3-4/h2-3,8,10-11H,1H3. The summed E-state index contributed by atoms with van der Waals surface area (Å²) in [6, 6.07) is 1.32. The van der Waals surface area contributed by atoms with Crippen LogP contribution in [0.4, 0.5) is 0 Å². The zero-order valence-electron chi connectivity index (χ0n) is 6.44. The number of rotatable bonds is 2. The number of aromatic nitrogens is 1. The van der Waals surface area contributed by atoms with Gasteiger partial charge < -0.3 is 19.8 Å². The molecule has 0 aliphatic rings. The van der Waals surface area contributed by atoms with E-state index >= 15 is 0 Å². The van der Waals surface area contributed by atoms with E-state index in [4.69, 9.17) is 10.0 Å². The summed E-state index contributed by atoms with van der Waals surface area (Å²) in [5.41, 5.74) is 0.427. The van der Waals surface area contributed by atoms with Crippen LogP contribution in [-0.4, -0.2) is 35.2 Å². The molecule has 0 unspecified atom stereocenters. The van der Waals surface area contributed by atoms with Crippen molar-refractivity contribution < 1.29 is 19.6 Å². The van der Waals surface area contributed by atoms with Gasteiger partial charge in [0.05, 0.1) is 12.7 Å². The second-order valence-electron chi connectivity index (χ2n) is 2.21. The van der Waals surface area contributed by atoms with Crippen molar-refractivity contribution >= 4 is 18.7 Å². The Morgan fingerprint density at radius 3 is 2.75 bits per heavy atom. The molecule has 0 aliphatic carbocycles. The summed E-state index contributed by atoms with van der Waals surface area (Å²) in [5.74, 6) is -0.516. The number of aromatic amines is 1. The van der Waals surface area contributed by atoms with Crippen molar-refractivity contribution in [3.05, 3.63) is 17.8 Å². The molecular weight excluding hydrogens is 161 g/mol. The average Bonchev–Trinajstić information content (AvgIpc) is 2.51. The monoisotopic (exact) mass is 169 g/mol. The Hall–Kier alpha value is -1.27. The number of hydrogen-bond acceptors (Lipinski definition) is 4. The van der Waals surface area contributed by atoms with Gasteiger partial charge in [0.1, 0.15) is 0 Å². The van der Waals surface area contributed by atoms with Gasteiger partial charge in [0, 0.05) is 11.8 Å². The third-order valence-electron chi connectivity index (χ3n) is 1.40. The molecule has 0 saturated heterocycles. The smallest absolute Gasteiger partial charge is 0.465 e. The third-order valence-corrected chi connectivity index (χ3v) is 1.40. The number of hydrogen-bond donors (Lipinski definition) is 3. The predicted octanol–water partition coefficient (Wildman–Crippen LogP) is -1.52. The first-order valence-electron chi connectivity index (χ1n) is 3.28. The number of carbonyl (C=O) groups is 1. The van der Waals surface area contributed by atoms with Crippen molar-refractivity contribution in [2.24, 2.45) is 0 Å². The van der Waals surface area contributed by atoms with Gasteiger partial charge in [-0.2, -0.15) is 0 Å². The van der Waals surface area contributed by atoms with Gasteiger partial charge in [-0.15, -0.1) is 0 Å². The largest absolute Gasteiger partial charge is 0.505 e. The zero-order chi connectivity index (χ0) is 9.14. The van der Waals surface area contributed by atoms with Crippen LogP contribution in [0, 0.1) is 0 Å². The molecule has 0 atom stereocenters. The maximum atomic E-state index is 10.8. The number of nitrogens with one attached hydrogen (secondary N) is 1. The van der Waals surface area contributed by atoms with Gasteiger partial charge in [0.2, 0.25) is 0 Å². The van der Waals surface area contributed by atoms with E-state index < -0.39 is 13.1 Å². The predicted molar refractivity (Wildman–Crippen MR) is 42.0 cm³/mol. The molecule has 64 valence electrons. The summed E-state index contributed by atoms with van der Waals surface area (Å²) in [5, 5.41) is 17.3. The van der Waals surface area contributed by atoms with Gasteiger partial charge in [-0.3, -0.25) is 0 Å². The van der Waals surface area contributed by atoms with Gasteiger partial charge in [-0.25, -0.2) is 4.79 Å². The van der Waals surface area contributed by atoms with Crippen molar-refractivity contribution in [2.75, 3.05) is 7.11 Å². The minimum Gasteiger partial charge on any atom is -0.465 e. The number of H-pyrrole nitrogens is 1. The summed E-state index contributed by atoms with van der Waals surface area (Å²) >= 11 is 0. The molecule has 1 heterocycles. The maximum Gasteiger partial charge on any atom is 0.505 e. The van der Waals surface area contributed by atoms with E-state index in [-0.39, 0.29) is 11.2 Å². The maximum absolute atomic E-state index is 10.8. The topological polar surface area (TPSA) is 82.6 Å². The third kappa shape index (κ3) is 1.66. The molecule has 0 bridgehead atoms. The highest BCUT2D eigenvalue weighted by molar-refractivity contribution is 6.57. The van der Waals surface area contributed by atoms with Crippen LogP contribution in [0.5, 0.6) is 0 Å². The summed E-state index contributed by atoms with van der Waals surface area (Å²) < 4.78 is 4.41. The zero-order valence-corrected chi connectivity index (χ0v) is 6.44. The van der Waals surface area contributed by atoms with Crippen molar-refractivity contribution in [3.8, 4) is 0 Å². The fourth-order valence-corrected chi connectivity index (χ4v) is 0.797. The van der Waals surface area contributed by atoms with E-state index in [2.05, 4.69) is 9.72 Å². The van der Waals surface area contributed by atoms with Gasteiger partial charge in [-0.05, 0) is 6.07 Å². The molecule has 0 aromatic carbocycles. The van der Waals surface area contributed by atoms with Crippen LogP contribution < -0.4 is 5.59 Å². The lowest BCUT2D eigenvalue weighted by Crippen LogP contribution is -2.30. The van der Waals surface area contributed by atoms with E-state index in [1.807, 2.05) is 0 Å². The molecule has 0 saturated carbocycles. The highest BCUT2D eigenvalue weighted by Crippen LogP contribution is 1.96. The number of esters is 1. The molecule has 0 spiro atoms. The average molecular weight is 169 g/mol. The summed E-state index contributed by atoms with van der Waals surface area (Å²) in [4.78, 5) is 13.4. The van der Waals surface area contributed by atoms with Crippen molar-refractivity contribution in [1.82, 2.24) is 4.98 Å². The van der Waals surface area contributed by atoms with Crippen molar-refractivity contribution in [3.63, 3.8) is 0 Å². The Kier molecular flexibility index (Phi) is 2.52. The highest BCUT2D eigenvalue weighted by atomic mass is 16.5. The van der Waals surface area contributed by atoms with Crippen LogP contribution in [0.25, 0.3) is 0 Å². The molecule has 1 aromatic heterocycles. The minimum atomic E-state index is -1.59. The van der Waals surface area contributed by atoms with Crippen LogP contribution in [0.2, 0.25) is 0 Å². The first kappa shape index (κ1) is 8.83. The van der Waals surface area contributed by atoms with Crippen LogP contribution in [0.15, 0.2) is 12.3 Å². The molecule has 0 radical (unpaired) electrons. The minimum absolute atomic E-state index is 0.162. The lowest BCUT2D eigenvalue weighted by Gasteiger charge is -1.92. The quantitative estimate of drug-likeness (QED) is 0.371. The van der Waals surface area contributed by atoms with E-state index in [0.29, 0.717) is 0 Å². The van der Waals surface area contributed by atoms with E-state index in [1.165, 1.54) is 19.4 Å². The first-order chi connectivity index (χ1) is 5.65. The summed E-state index contributed by atoms with van der Waals surface area (Å²) in [6.07, 6.45) is 1.35. The molecule has 0 fully saturated rings. The van der Waals surface area contributed by atoms with Gasteiger partial charge in [-0.1, -0.05) is 0 Å². The molecule has 3 N–H and O–H groups in total. The molecule has 12 heavy (non-hydrogen) atoms. The number of carbonyl (C=O) groups excluding carboxylic acids is 1. The Labute approximate surface area is 69.1 Å². The Morgan fingerprint density at radius 2 is 2.33 bits per heavy atom. The van der Waals surface area contributed by atoms with Crippen LogP contribution in [0.1, 0.15) is 10.4 Å². The first-order valence-corrected chi connectivity index (χ1v) is 3.28. The fraction of sp³-hybridized carbons (Fsp3) is 0.167. The van der Waals surface area contributed by atoms with Crippen LogP contribution in [-0.2, 0) is 4.74 Å². The Morgan fingerprint density at radius 1 is 1.67 bits per heavy atom. The lowest BCUT2D eigenvalue weighted by atomic mass is 9.86. The fourth-order valence-electron chi connectivity index (χ4n) is 0.797. The van der Waals surface area contributed by atoms with Gasteiger partial charge in [0.25, 0.3) is 0 Å². The van der Waals surface area contributed by atoms with Crippen LogP contribution in [0.3, 0.4) is 0 Å². The molecule has 0 aliphatic heterocycles.